The fraction of sp³-hybridized carbons (Fsp3) is 0.300. The normalized spacial score (nSPS) is 13.7. The highest BCUT2D eigenvalue weighted by molar-refractivity contribution is 7.89. The molecule has 0 unspecified atom stereocenters. The molecule has 0 saturated carbocycles. The fourth-order valence-electron chi connectivity index (χ4n) is 3.48. The lowest BCUT2D eigenvalue weighted by atomic mass is 10.1. The molecular weight excluding hydrogens is 395 g/mol. The zero-order valence-electron chi connectivity index (χ0n) is 15.9. The molecule has 0 atom stereocenters. The molecule has 7 nitrogen and oxygen atoms in total. The standard InChI is InChI=1S/C20H21FN4O3S/c1-13-4-5-15(12-17(13)21)20-23-19(28-24-20)3-2-9-25-10-8-14-11-16(29(22,26)27)6-7-18(14)25/h4-7,11-12H,2-3,8-10H2,1H3,(H2,22,26,27). The van der Waals surface area contributed by atoms with Crippen LogP contribution in [0.5, 0.6) is 0 Å². The van der Waals surface area contributed by atoms with E-state index in [2.05, 4.69) is 15.0 Å². The molecule has 0 spiro atoms. The topological polar surface area (TPSA) is 102 Å². The van der Waals surface area contributed by atoms with Crippen LogP contribution >= 0.6 is 0 Å². The van der Waals surface area contributed by atoms with Crippen LogP contribution in [-0.4, -0.2) is 31.6 Å². The van der Waals surface area contributed by atoms with Gasteiger partial charge >= 0.3 is 0 Å². The summed E-state index contributed by atoms with van der Waals surface area (Å²) in [6.07, 6.45) is 2.17. The highest BCUT2D eigenvalue weighted by Gasteiger charge is 2.21. The van der Waals surface area contributed by atoms with Gasteiger partial charge in [-0.3, -0.25) is 0 Å². The largest absolute Gasteiger partial charge is 0.371 e. The molecule has 0 bridgehead atoms. The van der Waals surface area contributed by atoms with E-state index in [1.807, 2.05) is 0 Å². The van der Waals surface area contributed by atoms with Crippen LogP contribution < -0.4 is 10.0 Å². The van der Waals surface area contributed by atoms with E-state index in [1.165, 1.54) is 12.1 Å². The van der Waals surface area contributed by atoms with Gasteiger partial charge in [0.05, 0.1) is 4.90 Å². The van der Waals surface area contributed by atoms with Gasteiger partial charge in [-0.05, 0) is 55.2 Å². The number of sulfonamides is 1. The maximum Gasteiger partial charge on any atom is 0.238 e. The lowest BCUT2D eigenvalue weighted by Gasteiger charge is -2.19. The van der Waals surface area contributed by atoms with Crippen molar-refractivity contribution in [3.63, 3.8) is 0 Å². The average molecular weight is 416 g/mol. The number of nitrogens with zero attached hydrogens (tertiary/aromatic N) is 3. The molecule has 3 aromatic rings. The molecule has 2 N–H and O–H groups in total. The van der Waals surface area contributed by atoms with Crippen LogP contribution in [0.3, 0.4) is 0 Å². The van der Waals surface area contributed by atoms with Gasteiger partial charge in [-0.25, -0.2) is 17.9 Å². The van der Waals surface area contributed by atoms with Gasteiger partial charge in [0, 0.05) is 30.8 Å². The third-order valence-electron chi connectivity index (χ3n) is 5.09. The van der Waals surface area contributed by atoms with Gasteiger partial charge in [-0.15, -0.1) is 0 Å². The van der Waals surface area contributed by atoms with Gasteiger partial charge in [-0.1, -0.05) is 17.3 Å². The number of nitrogens with two attached hydrogens (primary N) is 1. The Morgan fingerprint density at radius 1 is 1.24 bits per heavy atom. The minimum absolute atomic E-state index is 0.143. The van der Waals surface area contributed by atoms with Crippen molar-refractivity contribution in [2.45, 2.75) is 31.1 Å². The van der Waals surface area contributed by atoms with Crippen molar-refractivity contribution in [1.82, 2.24) is 10.1 Å². The zero-order chi connectivity index (χ0) is 20.6. The molecule has 0 aliphatic carbocycles. The van der Waals surface area contributed by atoms with E-state index in [0.717, 1.165) is 37.2 Å². The quantitative estimate of drug-likeness (QED) is 0.663. The summed E-state index contributed by atoms with van der Waals surface area (Å²) in [6.45, 7) is 3.30. The predicted octanol–water partition coefficient (Wildman–Crippen LogP) is 2.83. The lowest BCUT2D eigenvalue weighted by molar-refractivity contribution is 0.376. The Kier molecular flexibility index (Phi) is 5.10. The monoisotopic (exact) mass is 416 g/mol. The Morgan fingerprint density at radius 3 is 2.83 bits per heavy atom. The molecule has 0 saturated heterocycles. The first-order chi connectivity index (χ1) is 13.8. The first-order valence-corrected chi connectivity index (χ1v) is 10.9. The van der Waals surface area contributed by atoms with Gasteiger partial charge in [0.2, 0.25) is 21.7 Å². The number of benzene rings is 2. The van der Waals surface area contributed by atoms with Crippen molar-refractivity contribution in [3.05, 3.63) is 59.2 Å². The summed E-state index contributed by atoms with van der Waals surface area (Å²) < 4.78 is 42.0. The Morgan fingerprint density at radius 2 is 2.07 bits per heavy atom. The van der Waals surface area contributed by atoms with Crippen LogP contribution in [0.4, 0.5) is 10.1 Å². The van der Waals surface area contributed by atoms with E-state index in [0.29, 0.717) is 29.3 Å². The van der Waals surface area contributed by atoms with Gasteiger partial charge in [0.15, 0.2) is 0 Å². The van der Waals surface area contributed by atoms with Crippen molar-refractivity contribution in [2.75, 3.05) is 18.0 Å². The Labute approximate surface area is 168 Å². The fourth-order valence-corrected chi connectivity index (χ4v) is 4.05. The number of hydrogen-bond donors (Lipinski definition) is 1. The number of halogens is 1. The summed E-state index contributed by atoms with van der Waals surface area (Å²) in [5.41, 5.74) is 3.17. The number of anilines is 1. The van der Waals surface area contributed by atoms with Gasteiger partial charge in [0.25, 0.3) is 0 Å². The van der Waals surface area contributed by atoms with Gasteiger partial charge in [-0.2, -0.15) is 4.98 Å². The molecule has 0 radical (unpaired) electrons. The summed E-state index contributed by atoms with van der Waals surface area (Å²) in [5.74, 6) is 0.582. The zero-order valence-corrected chi connectivity index (χ0v) is 16.7. The van der Waals surface area contributed by atoms with E-state index in [-0.39, 0.29) is 10.7 Å². The molecule has 0 amide bonds. The molecular formula is C20H21FN4O3S. The first-order valence-electron chi connectivity index (χ1n) is 9.31. The van der Waals surface area contributed by atoms with Crippen LogP contribution in [0.2, 0.25) is 0 Å². The van der Waals surface area contributed by atoms with Gasteiger partial charge < -0.3 is 9.42 Å². The number of hydrogen-bond acceptors (Lipinski definition) is 6. The van der Waals surface area contributed by atoms with E-state index < -0.39 is 10.0 Å². The number of rotatable bonds is 6. The minimum atomic E-state index is -3.69. The van der Waals surface area contributed by atoms with Crippen LogP contribution in [0, 0.1) is 12.7 Å². The molecule has 4 rings (SSSR count). The summed E-state index contributed by atoms with van der Waals surface area (Å²) >= 11 is 0. The van der Waals surface area contributed by atoms with Crippen molar-refractivity contribution in [1.29, 1.82) is 0 Å². The molecule has 0 fully saturated rings. The number of primary sulfonamides is 1. The number of fused-ring (bicyclic) bond motifs is 1. The maximum absolute atomic E-state index is 13.7. The Balaban J connectivity index is 1.37. The predicted molar refractivity (Wildman–Crippen MR) is 106 cm³/mol. The smallest absolute Gasteiger partial charge is 0.238 e. The Bertz CT molecular complexity index is 1160. The van der Waals surface area contributed by atoms with Crippen LogP contribution in [0.1, 0.15) is 23.4 Å². The molecule has 1 aliphatic heterocycles. The summed E-state index contributed by atoms with van der Waals surface area (Å²) in [7, 11) is -3.69. The van der Waals surface area contributed by atoms with Gasteiger partial charge in [0.1, 0.15) is 5.82 Å². The first kappa shape index (κ1) is 19.5. The molecule has 1 aliphatic rings. The highest BCUT2D eigenvalue weighted by Crippen LogP contribution is 2.30. The van der Waals surface area contributed by atoms with Crippen LogP contribution in [0.25, 0.3) is 11.4 Å². The number of aryl methyl sites for hydroxylation is 2. The molecule has 2 heterocycles. The SMILES string of the molecule is Cc1ccc(-c2noc(CCCN3CCc4cc(S(N)(=O)=O)ccc43)n2)cc1F. The van der Waals surface area contributed by atoms with E-state index in [9.17, 15) is 12.8 Å². The molecule has 9 heteroatoms. The van der Waals surface area contributed by atoms with E-state index in [4.69, 9.17) is 9.66 Å². The molecule has 1 aromatic heterocycles. The van der Waals surface area contributed by atoms with Crippen LogP contribution in [0.15, 0.2) is 45.8 Å². The summed E-state index contributed by atoms with van der Waals surface area (Å²) in [5, 5.41) is 9.15. The third kappa shape index (κ3) is 4.15. The molecule has 29 heavy (non-hydrogen) atoms. The van der Waals surface area contributed by atoms with Crippen LogP contribution in [-0.2, 0) is 22.9 Å². The second-order valence-electron chi connectivity index (χ2n) is 7.15. The average Bonchev–Trinajstić information content (AvgIpc) is 3.30. The summed E-state index contributed by atoms with van der Waals surface area (Å²) in [4.78, 5) is 6.70. The van der Waals surface area contributed by atoms with Crippen molar-refractivity contribution in [2.24, 2.45) is 5.14 Å². The Hall–Kier alpha value is -2.78. The molecule has 2 aromatic carbocycles. The third-order valence-corrected chi connectivity index (χ3v) is 6.00. The maximum atomic E-state index is 13.7. The molecule has 152 valence electrons. The second-order valence-corrected chi connectivity index (χ2v) is 8.71. The highest BCUT2D eigenvalue weighted by atomic mass is 32.2. The van der Waals surface area contributed by atoms with E-state index in [1.54, 1.807) is 31.2 Å². The minimum Gasteiger partial charge on any atom is -0.371 e. The number of aromatic nitrogens is 2. The second kappa shape index (κ2) is 7.57. The van der Waals surface area contributed by atoms with Crippen molar-refractivity contribution in [3.8, 4) is 11.4 Å². The lowest BCUT2D eigenvalue weighted by Crippen LogP contribution is -2.22. The van der Waals surface area contributed by atoms with Crippen molar-refractivity contribution >= 4 is 15.7 Å². The summed E-state index contributed by atoms with van der Waals surface area (Å²) in [6, 6.07) is 9.85. The van der Waals surface area contributed by atoms with E-state index >= 15 is 0 Å². The van der Waals surface area contributed by atoms with Crippen molar-refractivity contribution < 1.29 is 17.3 Å².